The predicted octanol–water partition coefficient (Wildman–Crippen LogP) is 3.29. The van der Waals surface area contributed by atoms with Gasteiger partial charge in [0.05, 0.1) is 23.8 Å². The summed E-state index contributed by atoms with van der Waals surface area (Å²) in [4.78, 5) is 40.4. The molecule has 1 aromatic carbocycles. The smallest absolute Gasteiger partial charge is 0.407 e. The monoisotopic (exact) mass is 437 g/mol. The molecular weight excluding hydrogens is 405 g/mol. The van der Waals surface area contributed by atoms with Gasteiger partial charge in [-0.15, -0.1) is 0 Å². The van der Waals surface area contributed by atoms with E-state index >= 15 is 0 Å². The maximum Gasteiger partial charge on any atom is 0.407 e. The number of ether oxygens (including phenoxy) is 1. The van der Waals surface area contributed by atoms with Crippen molar-refractivity contribution >= 4 is 23.7 Å². The number of likely N-dealkylation sites (tertiary alicyclic amines) is 1. The fourth-order valence-electron chi connectivity index (χ4n) is 4.22. The van der Waals surface area contributed by atoms with Crippen LogP contribution in [0.4, 0.5) is 14.9 Å². The lowest BCUT2D eigenvalue weighted by Gasteiger charge is -2.50. The number of amides is 2. The summed E-state index contributed by atoms with van der Waals surface area (Å²) >= 11 is 0. The van der Waals surface area contributed by atoms with Crippen molar-refractivity contribution in [2.45, 2.75) is 39.7 Å². The van der Waals surface area contributed by atoms with E-state index in [0.29, 0.717) is 19.4 Å². The highest BCUT2D eigenvalue weighted by molar-refractivity contribution is 5.97. The molecule has 0 saturated carbocycles. The van der Waals surface area contributed by atoms with Crippen LogP contribution >= 0.6 is 0 Å². The first-order valence-corrected chi connectivity index (χ1v) is 10.1. The van der Waals surface area contributed by atoms with Crippen LogP contribution in [0.1, 0.15) is 44.0 Å². The summed E-state index contributed by atoms with van der Waals surface area (Å²) in [6.07, 6.45) is -0.421. The van der Waals surface area contributed by atoms with Gasteiger partial charge in [-0.25, -0.2) is 14.0 Å². The topological polar surface area (TPSA) is 99.2 Å². The van der Waals surface area contributed by atoms with Crippen molar-refractivity contribution in [3.8, 4) is 0 Å². The Morgan fingerprint density at radius 1 is 1.32 bits per heavy atom. The van der Waals surface area contributed by atoms with Crippen LogP contribution in [0.25, 0.3) is 0 Å². The van der Waals surface area contributed by atoms with Crippen molar-refractivity contribution < 1.29 is 28.6 Å². The van der Waals surface area contributed by atoms with E-state index in [1.807, 2.05) is 39.8 Å². The molecule has 0 spiro atoms. The number of carboxylic acid groups (broad SMARTS) is 1. The number of carbonyl (C=O) groups is 3. The molecule has 31 heavy (non-hydrogen) atoms. The van der Waals surface area contributed by atoms with Crippen LogP contribution in [0.5, 0.6) is 0 Å². The highest BCUT2D eigenvalue weighted by Crippen LogP contribution is 2.42. The lowest BCUT2D eigenvalue weighted by Crippen LogP contribution is -2.59. The number of benzene rings is 1. The molecule has 172 valence electrons. The molecule has 0 radical (unpaired) electrons. The van der Waals surface area contributed by atoms with Crippen LogP contribution in [-0.2, 0) is 9.53 Å². The minimum atomic E-state index is -1.02. The van der Waals surface area contributed by atoms with E-state index in [1.165, 1.54) is 24.1 Å². The van der Waals surface area contributed by atoms with E-state index in [-0.39, 0.29) is 17.8 Å². The van der Waals surface area contributed by atoms with Gasteiger partial charge in [0.15, 0.2) is 0 Å². The number of methoxy groups -OCH3 is 1. The first kappa shape index (κ1) is 24.6. The summed E-state index contributed by atoms with van der Waals surface area (Å²) in [6, 6.07) is 3.24. The van der Waals surface area contributed by atoms with Gasteiger partial charge in [0, 0.05) is 19.1 Å². The van der Waals surface area contributed by atoms with Crippen LogP contribution < -0.4 is 5.32 Å². The summed E-state index contributed by atoms with van der Waals surface area (Å²) in [5.74, 6) is -1.71. The van der Waals surface area contributed by atoms with E-state index in [2.05, 4.69) is 10.1 Å². The van der Waals surface area contributed by atoms with Crippen LogP contribution in [0.3, 0.4) is 0 Å². The Balaban J connectivity index is 2.41. The zero-order valence-electron chi connectivity index (χ0n) is 19.0. The van der Waals surface area contributed by atoms with Crippen LogP contribution in [0.15, 0.2) is 18.2 Å². The van der Waals surface area contributed by atoms with Crippen LogP contribution in [-0.4, -0.2) is 73.2 Å². The van der Waals surface area contributed by atoms with Gasteiger partial charge in [-0.05, 0) is 50.6 Å². The molecule has 2 N–H and O–H groups in total. The second-order valence-electron chi connectivity index (χ2n) is 9.47. The van der Waals surface area contributed by atoms with Crippen LogP contribution in [0, 0.1) is 16.6 Å². The van der Waals surface area contributed by atoms with E-state index in [0.717, 1.165) is 6.07 Å². The fraction of sp³-hybridized carbons (Fsp3) is 0.591. The summed E-state index contributed by atoms with van der Waals surface area (Å²) in [5, 5.41) is 12.3. The number of carbonyl (C=O) groups excluding carboxylic acids is 2. The van der Waals surface area contributed by atoms with E-state index in [9.17, 15) is 23.9 Å². The highest BCUT2D eigenvalue weighted by Gasteiger charge is 2.50. The number of esters is 1. The molecule has 2 unspecified atom stereocenters. The number of nitrogens with one attached hydrogen (secondary N) is 1. The van der Waals surface area contributed by atoms with Crippen molar-refractivity contribution in [1.29, 1.82) is 0 Å². The van der Waals surface area contributed by atoms with Gasteiger partial charge in [-0.3, -0.25) is 4.79 Å². The van der Waals surface area contributed by atoms with E-state index in [1.54, 1.807) is 0 Å². The molecule has 1 saturated heterocycles. The minimum absolute atomic E-state index is 0.112. The first-order valence-electron chi connectivity index (χ1n) is 10.1. The number of rotatable bonds is 5. The Morgan fingerprint density at radius 2 is 1.97 bits per heavy atom. The van der Waals surface area contributed by atoms with Gasteiger partial charge in [0.25, 0.3) is 0 Å². The normalized spacial score (nSPS) is 21.7. The molecule has 0 bridgehead atoms. The van der Waals surface area contributed by atoms with Crippen molar-refractivity contribution in [3.63, 3.8) is 0 Å². The zero-order chi connectivity index (χ0) is 23.6. The molecule has 0 aromatic heterocycles. The Hall–Kier alpha value is -2.68. The molecule has 9 heteroatoms. The van der Waals surface area contributed by atoms with Crippen molar-refractivity contribution in [3.05, 3.63) is 29.6 Å². The lowest BCUT2D eigenvalue weighted by atomic mass is 9.68. The lowest BCUT2D eigenvalue weighted by molar-refractivity contribution is -0.132. The van der Waals surface area contributed by atoms with Crippen LogP contribution in [0.2, 0.25) is 0 Å². The van der Waals surface area contributed by atoms with Gasteiger partial charge >= 0.3 is 12.1 Å². The maximum absolute atomic E-state index is 14.4. The van der Waals surface area contributed by atoms with E-state index in [4.69, 9.17) is 0 Å². The highest BCUT2D eigenvalue weighted by atomic mass is 19.1. The Morgan fingerprint density at radius 3 is 2.48 bits per heavy atom. The second kappa shape index (κ2) is 9.21. The number of halogens is 1. The summed E-state index contributed by atoms with van der Waals surface area (Å²) in [5.41, 5.74) is -1.32. The second-order valence-corrected chi connectivity index (χ2v) is 9.47. The number of nitrogens with zero attached hydrogens (tertiary/aromatic N) is 2. The third kappa shape index (κ3) is 5.52. The van der Waals surface area contributed by atoms with Gasteiger partial charge in [-0.1, -0.05) is 20.8 Å². The third-order valence-corrected chi connectivity index (χ3v) is 5.77. The van der Waals surface area contributed by atoms with Gasteiger partial charge in [0.2, 0.25) is 5.91 Å². The fourth-order valence-corrected chi connectivity index (χ4v) is 4.22. The maximum atomic E-state index is 14.4. The molecule has 2 rings (SSSR count). The first-order chi connectivity index (χ1) is 14.3. The summed E-state index contributed by atoms with van der Waals surface area (Å²) in [7, 11) is 4.89. The average Bonchev–Trinajstić information content (AvgIpc) is 2.67. The van der Waals surface area contributed by atoms with Crippen molar-refractivity contribution in [1.82, 2.24) is 9.80 Å². The number of hydrogen-bond acceptors (Lipinski definition) is 5. The van der Waals surface area contributed by atoms with Gasteiger partial charge in [-0.2, -0.15) is 0 Å². The molecule has 1 heterocycles. The molecule has 0 aliphatic carbocycles. The van der Waals surface area contributed by atoms with Gasteiger partial charge in [0.1, 0.15) is 5.82 Å². The quantitative estimate of drug-likeness (QED) is 0.686. The summed E-state index contributed by atoms with van der Waals surface area (Å²) < 4.78 is 19.1. The standard InChI is InChI=1S/C22H32FN3O5/c1-21(2,3)17-12-22(13-25(4)5,9-10-26(17)20(29)30)19(28)24-16-11-14(18(27)31-6)7-8-15(16)23/h7-8,11,17H,9-10,12-13H2,1-6H3,(H,24,28)(H,29,30). The largest absolute Gasteiger partial charge is 0.465 e. The van der Waals surface area contributed by atoms with Gasteiger partial charge < -0.3 is 25.0 Å². The molecule has 1 aliphatic rings. The van der Waals surface area contributed by atoms with Crippen molar-refractivity contribution in [2.24, 2.45) is 10.8 Å². The predicted molar refractivity (Wildman–Crippen MR) is 115 cm³/mol. The van der Waals surface area contributed by atoms with Crippen molar-refractivity contribution in [2.75, 3.05) is 39.6 Å². The van der Waals surface area contributed by atoms with E-state index < -0.39 is 40.7 Å². The molecule has 8 nitrogen and oxygen atoms in total. The molecule has 1 aliphatic heterocycles. The number of anilines is 1. The molecule has 2 atom stereocenters. The average molecular weight is 438 g/mol. The number of piperidine rings is 1. The Bertz CT molecular complexity index is 852. The molecule has 1 aromatic rings. The molecular formula is C22H32FN3O5. The molecule has 2 amide bonds. The Labute approximate surface area is 182 Å². The SMILES string of the molecule is COC(=O)c1ccc(F)c(NC(=O)C2(CN(C)C)CCN(C(=O)O)C(C(C)(C)C)C2)c1. The molecule has 1 fully saturated rings. The minimum Gasteiger partial charge on any atom is -0.465 e. The third-order valence-electron chi connectivity index (χ3n) is 5.77. The number of hydrogen-bond donors (Lipinski definition) is 2. The summed E-state index contributed by atoms with van der Waals surface area (Å²) in [6.45, 7) is 6.39. The Kier molecular flexibility index (Phi) is 7.31. The zero-order valence-corrected chi connectivity index (χ0v) is 19.0.